The molecule has 1 saturated carbocycles. The van der Waals surface area contributed by atoms with E-state index in [2.05, 4.69) is 19.2 Å². The van der Waals surface area contributed by atoms with E-state index in [0.29, 0.717) is 12.5 Å². The highest BCUT2D eigenvalue weighted by molar-refractivity contribution is 5.91. The molecule has 1 N–H and O–H groups in total. The number of ether oxygens (including phenoxy) is 1. The van der Waals surface area contributed by atoms with E-state index in [0.717, 1.165) is 19.3 Å². The van der Waals surface area contributed by atoms with Crippen LogP contribution < -0.4 is 5.32 Å². The van der Waals surface area contributed by atoms with Gasteiger partial charge in [0.05, 0.1) is 23.9 Å². The summed E-state index contributed by atoms with van der Waals surface area (Å²) in [6.07, 6.45) is 3.16. The van der Waals surface area contributed by atoms with E-state index in [4.69, 9.17) is 4.74 Å². The van der Waals surface area contributed by atoms with Gasteiger partial charge in [0.15, 0.2) is 0 Å². The Morgan fingerprint density at radius 2 is 2.11 bits per heavy atom. The number of nitrogens with zero attached hydrogens (tertiary/aromatic N) is 1. The zero-order valence-corrected chi connectivity index (χ0v) is 12.2. The van der Waals surface area contributed by atoms with E-state index < -0.39 is 0 Å². The molecular formula is C14H26N2O2. The van der Waals surface area contributed by atoms with E-state index in [-0.39, 0.29) is 23.2 Å². The molecule has 104 valence electrons. The lowest BCUT2D eigenvalue weighted by atomic mass is 10.1. The number of carbonyl (C=O) groups excluding carboxylic acids is 1. The summed E-state index contributed by atoms with van der Waals surface area (Å²) < 4.78 is 5.47. The summed E-state index contributed by atoms with van der Waals surface area (Å²) in [4.78, 5) is 14.5. The van der Waals surface area contributed by atoms with Crippen LogP contribution in [0, 0.1) is 5.92 Å². The van der Waals surface area contributed by atoms with Crippen molar-refractivity contribution in [3.63, 3.8) is 0 Å². The summed E-state index contributed by atoms with van der Waals surface area (Å²) in [7, 11) is 1.71. The van der Waals surface area contributed by atoms with Gasteiger partial charge in [-0.1, -0.05) is 13.8 Å². The van der Waals surface area contributed by atoms with Crippen molar-refractivity contribution in [3.05, 3.63) is 0 Å². The first-order valence-corrected chi connectivity index (χ1v) is 6.94. The minimum absolute atomic E-state index is 0.175. The van der Waals surface area contributed by atoms with Crippen LogP contribution in [0.3, 0.4) is 0 Å². The summed E-state index contributed by atoms with van der Waals surface area (Å²) in [5, 5.41) is 3.54. The monoisotopic (exact) mass is 254 g/mol. The van der Waals surface area contributed by atoms with Crippen molar-refractivity contribution in [3.8, 4) is 0 Å². The maximum Gasteiger partial charge on any atom is 0.244 e. The van der Waals surface area contributed by atoms with E-state index in [9.17, 15) is 4.79 Å². The maximum atomic E-state index is 12.5. The molecule has 1 spiro atoms. The summed E-state index contributed by atoms with van der Waals surface area (Å²) in [5.41, 5.74) is -0.504. The third kappa shape index (κ3) is 2.54. The summed E-state index contributed by atoms with van der Waals surface area (Å²) >= 11 is 0. The van der Waals surface area contributed by atoms with Crippen LogP contribution in [0.1, 0.15) is 47.0 Å². The maximum absolute atomic E-state index is 12.5. The third-order valence-electron chi connectivity index (χ3n) is 4.04. The first kappa shape index (κ1) is 13.8. The van der Waals surface area contributed by atoms with Gasteiger partial charge >= 0.3 is 0 Å². The molecule has 0 aromatic carbocycles. The van der Waals surface area contributed by atoms with Crippen molar-refractivity contribution in [1.82, 2.24) is 10.2 Å². The van der Waals surface area contributed by atoms with Crippen LogP contribution in [0.4, 0.5) is 0 Å². The van der Waals surface area contributed by atoms with Gasteiger partial charge < -0.3 is 9.64 Å². The first-order chi connectivity index (χ1) is 8.30. The highest BCUT2D eigenvalue weighted by Gasteiger charge is 2.59. The number of nitrogens with one attached hydrogen (secondary N) is 1. The molecular weight excluding hydrogens is 228 g/mol. The smallest absolute Gasteiger partial charge is 0.244 e. The minimum atomic E-state index is -0.285. The van der Waals surface area contributed by atoms with E-state index >= 15 is 0 Å². The Morgan fingerprint density at radius 1 is 1.50 bits per heavy atom. The molecule has 2 fully saturated rings. The molecule has 2 rings (SSSR count). The van der Waals surface area contributed by atoms with Crippen LogP contribution in [0.5, 0.6) is 0 Å². The predicted molar refractivity (Wildman–Crippen MR) is 71.1 cm³/mol. The van der Waals surface area contributed by atoms with Gasteiger partial charge in [0.25, 0.3) is 0 Å². The van der Waals surface area contributed by atoms with Gasteiger partial charge in [0, 0.05) is 7.11 Å². The second-order valence-electron chi connectivity index (χ2n) is 6.77. The molecule has 18 heavy (non-hydrogen) atoms. The van der Waals surface area contributed by atoms with Gasteiger partial charge in [-0.2, -0.15) is 0 Å². The van der Waals surface area contributed by atoms with Gasteiger partial charge in [0.2, 0.25) is 5.91 Å². The average Bonchev–Trinajstić information content (AvgIpc) is 3.00. The van der Waals surface area contributed by atoms with E-state index in [1.165, 1.54) is 0 Å². The molecule has 1 unspecified atom stereocenters. The fourth-order valence-electron chi connectivity index (χ4n) is 2.65. The number of amides is 1. The van der Waals surface area contributed by atoms with Crippen LogP contribution >= 0.6 is 0 Å². The molecule has 0 aromatic rings. The average molecular weight is 254 g/mol. The van der Waals surface area contributed by atoms with Crippen LogP contribution in [-0.4, -0.2) is 41.8 Å². The van der Waals surface area contributed by atoms with Crippen LogP contribution in [-0.2, 0) is 9.53 Å². The third-order valence-corrected chi connectivity index (χ3v) is 4.04. The molecule has 0 radical (unpaired) electrons. The first-order valence-electron chi connectivity index (χ1n) is 6.94. The second-order valence-corrected chi connectivity index (χ2v) is 6.77. The van der Waals surface area contributed by atoms with Gasteiger partial charge in [-0.3, -0.25) is 10.1 Å². The zero-order chi connectivity index (χ0) is 13.6. The molecule has 1 amide bonds. The molecule has 4 nitrogen and oxygen atoms in total. The van der Waals surface area contributed by atoms with E-state index in [1.54, 1.807) is 7.11 Å². The Bertz CT molecular complexity index is 335. The van der Waals surface area contributed by atoms with E-state index in [1.807, 2.05) is 18.7 Å². The highest BCUT2D eigenvalue weighted by Crippen LogP contribution is 2.43. The number of rotatable bonds is 5. The predicted octanol–water partition coefficient (Wildman–Crippen LogP) is 1.75. The molecule has 0 bridgehead atoms. The fourth-order valence-corrected chi connectivity index (χ4v) is 2.65. The Hall–Kier alpha value is -0.610. The number of hydrogen-bond donors (Lipinski definition) is 1. The Balaban J connectivity index is 2.10. The summed E-state index contributed by atoms with van der Waals surface area (Å²) in [6, 6.07) is 0. The normalized spacial score (nSPS) is 26.4. The SMILES string of the molecule is COC(C)(C)CN1C(=O)C2(CC2)NC1CC(C)C. The molecule has 1 heterocycles. The molecule has 1 aliphatic heterocycles. The lowest BCUT2D eigenvalue weighted by Gasteiger charge is -2.33. The molecule has 4 heteroatoms. The van der Waals surface area contributed by atoms with Gasteiger partial charge in [-0.15, -0.1) is 0 Å². The number of methoxy groups -OCH3 is 1. The Kier molecular flexibility index (Phi) is 3.45. The summed E-state index contributed by atoms with van der Waals surface area (Å²) in [5.74, 6) is 0.857. The van der Waals surface area contributed by atoms with Crippen molar-refractivity contribution < 1.29 is 9.53 Å². The molecule has 0 aromatic heterocycles. The molecule has 2 aliphatic rings. The summed E-state index contributed by atoms with van der Waals surface area (Å²) in [6.45, 7) is 9.12. The minimum Gasteiger partial charge on any atom is -0.377 e. The Labute approximate surface area is 110 Å². The van der Waals surface area contributed by atoms with Crippen LogP contribution in [0.2, 0.25) is 0 Å². The van der Waals surface area contributed by atoms with Crippen molar-refractivity contribution in [2.24, 2.45) is 5.92 Å². The van der Waals surface area contributed by atoms with Crippen molar-refractivity contribution in [2.75, 3.05) is 13.7 Å². The molecule has 1 aliphatic carbocycles. The molecule has 1 saturated heterocycles. The fraction of sp³-hybridized carbons (Fsp3) is 0.929. The van der Waals surface area contributed by atoms with Crippen LogP contribution in [0.15, 0.2) is 0 Å². The van der Waals surface area contributed by atoms with Crippen LogP contribution in [0.25, 0.3) is 0 Å². The standard InChI is InChI=1S/C14H26N2O2/c1-10(2)8-11-15-14(6-7-14)12(17)16(11)9-13(3,4)18-5/h10-11,15H,6-9H2,1-5H3. The van der Waals surface area contributed by atoms with Crippen molar-refractivity contribution in [2.45, 2.75) is 64.3 Å². The topological polar surface area (TPSA) is 41.6 Å². The van der Waals surface area contributed by atoms with Gasteiger partial charge in [-0.25, -0.2) is 0 Å². The lowest BCUT2D eigenvalue weighted by Crippen LogP contribution is -2.46. The van der Waals surface area contributed by atoms with Crippen molar-refractivity contribution >= 4 is 5.91 Å². The highest BCUT2D eigenvalue weighted by atomic mass is 16.5. The van der Waals surface area contributed by atoms with Crippen molar-refractivity contribution in [1.29, 1.82) is 0 Å². The second kappa shape index (κ2) is 4.49. The number of carbonyl (C=O) groups is 1. The lowest BCUT2D eigenvalue weighted by molar-refractivity contribution is -0.134. The van der Waals surface area contributed by atoms with Gasteiger partial charge in [-0.05, 0) is 39.0 Å². The number of hydrogen-bond acceptors (Lipinski definition) is 3. The van der Waals surface area contributed by atoms with Gasteiger partial charge in [0.1, 0.15) is 0 Å². The largest absolute Gasteiger partial charge is 0.377 e. The Morgan fingerprint density at radius 3 is 2.56 bits per heavy atom. The molecule has 1 atom stereocenters. The quantitative estimate of drug-likeness (QED) is 0.812. The zero-order valence-electron chi connectivity index (χ0n) is 12.2.